The molecule has 2 heteroatoms. The maximum absolute atomic E-state index is 2.26. The molecule has 0 nitrogen and oxygen atoms in total. The molecule has 0 heterocycles. The van der Waals surface area contributed by atoms with Crippen molar-refractivity contribution in [1.29, 1.82) is 0 Å². The van der Waals surface area contributed by atoms with Crippen LogP contribution in [-0.4, -0.2) is 13.7 Å². The van der Waals surface area contributed by atoms with Gasteiger partial charge in [0.05, 0.1) is 0 Å². The van der Waals surface area contributed by atoms with Gasteiger partial charge in [-0.25, -0.2) is 0 Å². The molecule has 36 valence electrons. The van der Waals surface area contributed by atoms with Gasteiger partial charge in [0.15, 0.2) is 0 Å². The fraction of sp³-hybridized carbons (Fsp3) is 1.00. The molecule has 0 spiro atoms. The van der Waals surface area contributed by atoms with Crippen molar-refractivity contribution in [1.82, 2.24) is 0 Å². The van der Waals surface area contributed by atoms with E-state index in [9.17, 15) is 0 Å². The molecule has 0 bridgehead atoms. The summed E-state index contributed by atoms with van der Waals surface area (Å²) in [6.45, 7) is 4.52. The molecule has 0 N–H and O–H groups in total. The van der Waals surface area contributed by atoms with Gasteiger partial charge < -0.3 is 0 Å². The van der Waals surface area contributed by atoms with Gasteiger partial charge in [0.2, 0.25) is 0 Å². The monoisotopic (exact) mass is 102 g/mol. The van der Waals surface area contributed by atoms with Crippen LogP contribution in [-0.2, 0) is 0 Å². The minimum absolute atomic E-state index is 0.910. The molecule has 0 aromatic rings. The lowest BCUT2D eigenvalue weighted by Gasteiger charge is -1.96. The second-order valence-corrected chi connectivity index (χ2v) is 3.07. The third-order valence-corrected chi connectivity index (χ3v) is 1.84. The van der Waals surface area contributed by atoms with E-state index >= 15 is 0 Å². The van der Waals surface area contributed by atoms with Crippen LogP contribution in [0, 0.1) is 5.92 Å². The van der Waals surface area contributed by atoms with Gasteiger partial charge in [0, 0.05) is 0 Å². The molecule has 0 rings (SSSR count). The average Bonchev–Trinajstić information content (AvgIpc) is 1.35. The molecule has 0 aromatic carbocycles. The first kappa shape index (κ1) is 6.49. The zero-order valence-electron chi connectivity index (χ0n) is 4.78. The van der Waals surface area contributed by atoms with Crippen molar-refractivity contribution >= 4 is 16.0 Å². The molecule has 0 aliphatic carbocycles. The molecule has 0 aliphatic rings. The first-order chi connectivity index (χ1) is 2.77. The zero-order chi connectivity index (χ0) is 4.99. The minimum Gasteiger partial charge on any atom is -0.164 e. The summed E-state index contributed by atoms with van der Waals surface area (Å²) in [4.78, 5) is 0. The highest BCUT2D eigenvalue weighted by Crippen LogP contribution is 2.06. The van der Waals surface area contributed by atoms with Gasteiger partial charge in [0.1, 0.15) is 7.57 Å². The Morgan fingerprint density at radius 2 is 2.17 bits per heavy atom. The van der Waals surface area contributed by atoms with Crippen LogP contribution in [0.4, 0.5) is 0 Å². The Morgan fingerprint density at radius 3 is 2.17 bits per heavy atom. The maximum atomic E-state index is 2.26. The van der Waals surface area contributed by atoms with Gasteiger partial charge in [0.25, 0.3) is 0 Å². The lowest BCUT2D eigenvalue weighted by molar-refractivity contribution is 0.750. The van der Waals surface area contributed by atoms with Crippen LogP contribution < -0.4 is 0 Å². The summed E-state index contributed by atoms with van der Waals surface area (Å²) in [7, 11) is 3.39. The maximum Gasteiger partial charge on any atom is 0.130 e. The van der Waals surface area contributed by atoms with E-state index in [1.165, 1.54) is 6.16 Å². The molecule has 0 amide bonds. The molecule has 0 aromatic heterocycles. The van der Waals surface area contributed by atoms with Crippen LogP contribution in [0.25, 0.3) is 0 Å². The van der Waals surface area contributed by atoms with E-state index in [0.717, 1.165) is 14.4 Å². The van der Waals surface area contributed by atoms with Crippen LogP contribution in [0.2, 0.25) is 0 Å². The quantitative estimate of drug-likeness (QED) is 0.358. The number of hydrogen-bond acceptors (Lipinski definition) is 0. The molecule has 6 heavy (non-hydrogen) atoms. The largest absolute Gasteiger partial charge is 0.164 e. The van der Waals surface area contributed by atoms with Crippen LogP contribution in [0.5, 0.6) is 0 Å². The van der Waals surface area contributed by atoms with E-state index in [1.54, 1.807) is 0 Å². The molecule has 1 unspecified atom stereocenters. The highest BCUT2D eigenvalue weighted by molar-refractivity contribution is 7.66. The molecular weight excluding hydrogens is 89.8 g/mol. The highest BCUT2D eigenvalue weighted by Gasteiger charge is 1.85. The molecule has 0 saturated heterocycles. The van der Waals surface area contributed by atoms with Crippen molar-refractivity contribution in [2.75, 3.05) is 6.16 Å². The lowest BCUT2D eigenvalue weighted by atomic mass is 10.3. The lowest BCUT2D eigenvalue weighted by Crippen LogP contribution is -1.86. The molecule has 0 fully saturated rings. The first-order valence-electron chi connectivity index (χ1n) is 2.42. The van der Waals surface area contributed by atoms with Crippen LogP contribution >= 0.6 is 8.46 Å². The van der Waals surface area contributed by atoms with E-state index in [4.69, 9.17) is 0 Å². The SMILES string of the molecule is BPCC(C)C. The van der Waals surface area contributed by atoms with Gasteiger partial charge in [-0.2, -0.15) is 8.46 Å². The Kier molecular flexibility index (Phi) is 3.98. The highest BCUT2D eigenvalue weighted by atomic mass is 31.1. The smallest absolute Gasteiger partial charge is 0.130 e. The summed E-state index contributed by atoms with van der Waals surface area (Å²) in [6, 6.07) is 0. The van der Waals surface area contributed by atoms with E-state index in [1.807, 2.05) is 0 Å². The Balaban J connectivity index is 2.63. The topological polar surface area (TPSA) is 0 Å². The Bertz CT molecular complexity index is 28.7. The average molecular weight is 102 g/mol. The second-order valence-electron chi connectivity index (χ2n) is 1.95. The molecular formula is C4H12BP. The van der Waals surface area contributed by atoms with Crippen LogP contribution in [0.3, 0.4) is 0 Å². The predicted molar refractivity (Wildman–Crippen MR) is 36.6 cm³/mol. The second kappa shape index (κ2) is 3.68. The fourth-order valence-electron chi connectivity index (χ4n) is 0.408. The fourth-order valence-corrected chi connectivity index (χ4v) is 1.22. The summed E-state index contributed by atoms with van der Waals surface area (Å²) >= 11 is 0. The first-order valence-corrected chi connectivity index (χ1v) is 4.12. The Labute approximate surface area is 42.9 Å². The molecule has 0 saturated carbocycles. The summed E-state index contributed by atoms with van der Waals surface area (Å²) in [5.41, 5.74) is 0. The van der Waals surface area contributed by atoms with Gasteiger partial charge in [-0.1, -0.05) is 13.8 Å². The normalized spacial score (nSPS) is 11.8. The Morgan fingerprint density at radius 1 is 1.67 bits per heavy atom. The number of rotatable bonds is 2. The van der Waals surface area contributed by atoms with Crippen molar-refractivity contribution < 1.29 is 0 Å². The van der Waals surface area contributed by atoms with Crippen molar-refractivity contribution in [2.45, 2.75) is 13.8 Å². The Hall–Kier alpha value is 0.495. The predicted octanol–water partition coefficient (Wildman–Crippen LogP) is 0.869. The minimum atomic E-state index is 0.910. The van der Waals surface area contributed by atoms with Gasteiger partial charge in [-0.15, -0.1) is 0 Å². The molecule has 0 aliphatic heterocycles. The van der Waals surface area contributed by atoms with Crippen LogP contribution in [0.1, 0.15) is 13.8 Å². The third kappa shape index (κ3) is 4.49. The van der Waals surface area contributed by atoms with Gasteiger partial charge in [-0.3, -0.25) is 0 Å². The molecule has 1 atom stereocenters. The number of hydrogen-bond donors (Lipinski definition) is 0. The van der Waals surface area contributed by atoms with Crippen molar-refractivity contribution in [2.24, 2.45) is 5.92 Å². The third-order valence-electron chi connectivity index (χ3n) is 0.612. The van der Waals surface area contributed by atoms with E-state index in [0.29, 0.717) is 0 Å². The summed E-state index contributed by atoms with van der Waals surface area (Å²) in [5, 5.41) is 0. The summed E-state index contributed by atoms with van der Waals surface area (Å²) in [6.07, 6.45) is 1.40. The van der Waals surface area contributed by atoms with E-state index < -0.39 is 0 Å². The van der Waals surface area contributed by atoms with E-state index in [-0.39, 0.29) is 0 Å². The van der Waals surface area contributed by atoms with Crippen molar-refractivity contribution in [3.05, 3.63) is 0 Å². The van der Waals surface area contributed by atoms with Gasteiger partial charge in [-0.05, 0) is 12.1 Å². The van der Waals surface area contributed by atoms with E-state index in [2.05, 4.69) is 21.4 Å². The van der Waals surface area contributed by atoms with Crippen molar-refractivity contribution in [3.8, 4) is 0 Å². The van der Waals surface area contributed by atoms with Crippen molar-refractivity contribution in [3.63, 3.8) is 0 Å². The zero-order valence-corrected chi connectivity index (χ0v) is 5.78. The standard InChI is InChI=1S/C4H12BP/c1-4(2)3-6-5/h4,6H,3,5H2,1-2H3. The molecule has 0 radical (unpaired) electrons. The van der Waals surface area contributed by atoms with Crippen LogP contribution in [0.15, 0.2) is 0 Å². The summed E-state index contributed by atoms with van der Waals surface area (Å²) < 4.78 is 0. The summed E-state index contributed by atoms with van der Waals surface area (Å²) in [5.74, 6) is 0.910. The van der Waals surface area contributed by atoms with Gasteiger partial charge >= 0.3 is 0 Å².